The van der Waals surface area contributed by atoms with E-state index in [1.54, 1.807) is 6.92 Å². The van der Waals surface area contributed by atoms with Gasteiger partial charge >= 0.3 is 0 Å². The molecule has 0 radical (unpaired) electrons. The molecule has 0 heterocycles. The number of aldehydes is 1. The van der Waals surface area contributed by atoms with Crippen LogP contribution in [-0.2, 0) is 15.0 Å². The molecule has 1 atom stereocenters. The highest BCUT2D eigenvalue weighted by Crippen LogP contribution is 2.27. The molecule has 0 amide bonds. The van der Waals surface area contributed by atoms with Crippen molar-refractivity contribution in [2.75, 3.05) is 0 Å². The molecule has 0 saturated carbocycles. The third-order valence-corrected chi connectivity index (χ3v) is 2.93. The van der Waals surface area contributed by atoms with Crippen LogP contribution in [0, 0.1) is 6.92 Å². The quantitative estimate of drug-likeness (QED) is 0.712. The molecule has 2 nitrogen and oxygen atoms in total. The highest BCUT2D eigenvalue weighted by molar-refractivity contribution is 5.77. The first-order valence-electron chi connectivity index (χ1n) is 5.51. The second kappa shape index (κ2) is 5.06. The maximum absolute atomic E-state index is 11.2. The predicted molar refractivity (Wildman–Crippen MR) is 64.5 cm³/mol. The summed E-state index contributed by atoms with van der Waals surface area (Å²) in [6.45, 7) is 5.44. The van der Waals surface area contributed by atoms with E-state index in [9.17, 15) is 9.59 Å². The Balaban J connectivity index is 2.95. The Hall–Kier alpha value is -1.44. The maximum atomic E-state index is 11.2. The van der Waals surface area contributed by atoms with Crippen LogP contribution < -0.4 is 0 Å². The molecule has 0 bridgehead atoms. The predicted octanol–water partition coefficient (Wildman–Crippen LogP) is 2.82. The lowest BCUT2D eigenvalue weighted by Crippen LogP contribution is -2.24. The molecule has 1 aromatic carbocycles. The van der Waals surface area contributed by atoms with E-state index in [1.165, 1.54) is 0 Å². The molecule has 1 aromatic rings. The summed E-state index contributed by atoms with van der Waals surface area (Å²) in [5.74, 6) is 0.126. The van der Waals surface area contributed by atoms with Gasteiger partial charge < -0.3 is 9.59 Å². The molecule has 0 aliphatic carbocycles. The normalized spacial score (nSPS) is 14.2. The van der Waals surface area contributed by atoms with Crippen LogP contribution in [0.4, 0.5) is 0 Å². The Bertz CT molecular complexity index is 395. The van der Waals surface area contributed by atoms with E-state index in [1.807, 2.05) is 38.1 Å². The van der Waals surface area contributed by atoms with E-state index in [-0.39, 0.29) is 5.78 Å². The minimum Gasteiger partial charge on any atom is -0.302 e. The topological polar surface area (TPSA) is 34.1 Å². The van der Waals surface area contributed by atoms with Gasteiger partial charge in [-0.05, 0) is 32.8 Å². The molecule has 0 aliphatic rings. The summed E-state index contributed by atoms with van der Waals surface area (Å²) in [5, 5.41) is 0. The molecule has 0 fully saturated rings. The van der Waals surface area contributed by atoms with Crippen LogP contribution in [-0.4, -0.2) is 12.1 Å². The molecule has 0 unspecified atom stereocenters. The molecule has 86 valence electrons. The van der Waals surface area contributed by atoms with Crippen LogP contribution in [0.5, 0.6) is 0 Å². The Kier molecular flexibility index (Phi) is 3.99. The molecule has 0 aromatic heterocycles. The lowest BCUT2D eigenvalue weighted by Gasteiger charge is -2.23. The minimum absolute atomic E-state index is 0.126. The van der Waals surface area contributed by atoms with Crippen molar-refractivity contribution in [3.63, 3.8) is 0 Å². The van der Waals surface area contributed by atoms with E-state index in [2.05, 4.69) is 0 Å². The Morgan fingerprint density at radius 3 is 2.62 bits per heavy atom. The minimum atomic E-state index is -0.544. The summed E-state index contributed by atoms with van der Waals surface area (Å²) in [5.41, 5.74) is 1.58. The number of Topliss-reactive ketones (excluding diaryl/α,β-unsaturated/α-hetero) is 1. The molecular weight excluding hydrogens is 200 g/mol. The zero-order valence-corrected chi connectivity index (χ0v) is 10.1. The third kappa shape index (κ3) is 3.02. The molecule has 2 heteroatoms. The largest absolute Gasteiger partial charge is 0.302 e. The molecule has 16 heavy (non-hydrogen) atoms. The van der Waals surface area contributed by atoms with Gasteiger partial charge in [0.25, 0.3) is 0 Å². The second-order valence-corrected chi connectivity index (χ2v) is 4.61. The Labute approximate surface area is 96.7 Å². The van der Waals surface area contributed by atoms with Crippen LogP contribution >= 0.6 is 0 Å². The van der Waals surface area contributed by atoms with E-state index >= 15 is 0 Å². The zero-order valence-electron chi connectivity index (χ0n) is 10.1. The summed E-state index contributed by atoms with van der Waals surface area (Å²) in [7, 11) is 0. The van der Waals surface area contributed by atoms with Gasteiger partial charge in [0.05, 0.1) is 0 Å². The number of carbonyl (C=O) groups is 2. The van der Waals surface area contributed by atoms with Gasteiger partial charge in [0.15, 0.2) is 0 Å². The van der Waals surface area contributed by atoms with Crippen LogP contribution in [0.1, 0.15) is 37.8 Å². The monoisotopic (exact) mass is 218 g/mol. The first-order chi connectivity index (χ1) is 7.48. The molecular formula is C14H18O2. The van der Waals surface area contributed by atoms with Gasteiger partial charge in [0.2, 0.25) is 0 Å². The summed E-state index contributed by atoms with van der Waals surface area (Å²) >= 11 is 0. The first-order valence-corrected chi connectivity index (χ1v) is 5.51. The fraction of sp³-hybridized carbons (Fsp3) is 0.429. The van der Waals surface area contributed by atoms with Crippen molar-refractivity contribution in [1.82, 2.24) is 0 Å². The SMILES string of the molecule is CC(=O)CC[C@@](C)(C=O)c1cccc(C)c1. The second-order valence-electron chi connectivity index (χ2n) is 4.61. The van der Waals surface area contributed by atoms with Crippen molar-refractivity contribution < 1.29 is 9.59 Å². The number of ketones is 1. The highest BCUT2D eigenvalue weighted by atomic mass is 16.1. The van der Waals surface area contributed by atoms with Crippen molar-refractivity contribution in [1.29, 1.82) is 0 Å². The van der Waals surface area contributed by atoms with Gasteiger partial charge in [0, 0.05) is 11.8 Å². The standard InChI is InChI=1S/C14H18O2/c1-11-5-4-6-13(9-11)14(3,10-15)8-7-12(2)16/h4-6,9-10H,7-8H2,1-3H3/t14-/m0/s1. The maximum Gasteiger partial charge on any atom is 0.130 e. The highest BCUT2D eigenvalue weighted by Gasteiger charge is 2.26. The van der Waals surface area contributed by atoms with E-state index in [4.69, 9.17) is 0 Å². The van der Waals surface area contributed by atoms with Crippen LogP contribution in [0.15, 0.2) is 24.3 Å². The first kappa shape index (κ1) is 12.6. The Morgan fingerprint density at radius 1 is 1.44 bits per heavy atom. The van der Waals surface area contributed by atoms with Gasteiger partial charge in [-0.3, -0.25) is 0 Å². The number of benzene rings is 1. The summed E-state index contributed by atoms with van der Waals surface area (Å²) in [6, 6.07) is 7.90. The number of aryl methyl sites for hydroxylation is 1. The van der Waals surface area contributed by atoms with Gasteiger partial charge in [-0.15, -0.1) is 0 Å². The third-order valence-electron chi connectivity index (χ3n) is 2.93. The van der Waals surface area contributed by atoms with E-state index in [0.29, 0.717) is 12.8 Å². The average Bonchev–Trinajstić information content (AvgIpc) is 2.26. The molecule has 0 saturated heterocycles. The lowest BCUT2D eigenvalue weighted by molar-refractivity contribution is -0.117. The van der Waals surface area contributed by atoms with Crippen LogP contribution in [0.25, 0.3) is 0 Å². The molecule has 0 spiro atoms. The van der Waals surface area contributed by atoms with E-state index in [0.717, 1.165) is 17.4 Å². The molecule has 1 rings (SSSR count). The van der Waals surface area contributed by atoms with Crippen molar-refractivity contribution >= 4 is 12.1 Å². The van der Waals surface area contributed by atoms with Gasteiger partial charge in [-0.25, -0.2) is 0 Å². The molecule has 0 aliphatic heterocycles. The fourth-order valence-electron chi connectivity index (χ4n) is 1.71. The lowest BCUT2D eigenvalue weighted by atomic mass is 9.79. The zero-order chi connectivity index (χ0) is 12.2. The van der Waals surface area contributed by atoms with Crippen molar-refractivity contribution in [2.45, 2.75) is 39.0 Å². The van der Waals surface area contributed by atoms with Gasteiger partial charge in [-0.2, -0.15) is 0 Å². The van der Waals surface area contributed by atoms with Crippen LogP contribution in [0.3, 0.4) is 0 Å². The number of carbonyl (C=O) groups excluding carboxylic acids is 2. The fourth-order valence-corrected chi connectivity index (χ4v) is 1.71. The smallest absolute Gasteiger partial charge is 0.130 e. The van der Waals surface area contributed by atoms with Crippen LogP contribution in [0.2, 0.25) is 0 Å². The van der Waals surface area contributed by atoms with Crippen molar-refractivity contribution in [3.05, 3.63) is 35.4 Å². The van der Waals surface area contributed by atoms with Crippen molar-refractivity contribution in [2.24, 2.45) is 0 Å². The number of hydrogen-bond acceptors (Lipinski definition) is 2. The van der Waals surface area contributed by atoms with Gasteiger partial charge in [-0.1, -0.05) is 29.8 Å². The summed E-state index contributed by atoms with van der Waals surface area (Å²) in [6.07, 6.45) is 1.98. The van der Waals surface area contributed by atoms with Gasteiger partial charge in [0.1, 0.15) is 12.1 Å². The molecule has 0 N–H and O–H groups in total. The number of rotatable bonds is 5. The average molecular weight is 218 g/mol. The summed E-state index contributed by atoms with van der Waals surface area (Å²) in [4.78, 5) is 22.2. The summed E-state index contributed by atoms with van der Waals surface area (Å²) < 4.78 is 0. The van der Waals surface area contributed by atoms with E-state index < -0.39 is 5.41 Å². The van der Waals surface area contributed by atoms with Crippen molar-refractivity contribution in [3.8, 4) is 0 Å². The Morgan fingerprint density at radius 2 is 2.12 bits per heavy atom. The number of hydrogen-bond donors (Lipinski definition) is 0.